The third kappa shape index (κ3) is 137. The molecule has 34 valence electrons. The van der Waals surface area contributed by atoms with Crippen molar-refractivity contribution in [2.24, 2.45) is 5.50 Å². The van der Waals surface area contributed by atoms with Crippen LogP contribution in [0.25, 0.3) is 0 Å². The van der Waals surface area contributed by atoms with E-state index in [1.54, 1.807) is 0 Å². The lowest BCUT2D eigenvalue weighted by Crippen LogP contribution is -1.68. The van der Waals surface area contributed by atoms with Crippen LogP contribution in [0.4, 0.5) is 0 Å². The van der Waals surface area contributed by atoms with Gasteiger partial charge < -0.3 is 4.89 Å². The molecule has 0 saturated carbocycles. The first-order chi connectivity index (χ1) is 1.73. The van der Waals surface area contributed by atoms with Gasteiger partial charge in [-0.15, -0.1) is 12.4 Å². The second kappa shape index (κ2) is 4.44. The molecule has 0 aliphatic carbocycles. The van der Waals surface area contributed by atoms with Gasteiger partial charge in [0.2, 0.25) is 0 Å². The molecule has 0 aromatic heterocycles. The topological polar surface area (TPSA) is 63.3 Å². The average Bonchev–Trinajstić information content (AvgIpc) is 0.811. The minimum Gasteiger partial charge on any atom is -0.336 e. The van der Waals surface area contributed by atoms with Crippen LogP contribution >= 0.6 is 20.6 Å². The first-order valence-electron chi connectivity index (χ1n) is 0.716. The Kier molecular flexibility index (Phi) is 8.05. The van der Waals surface area contributed by atoms with Gasteiger partial charge in [-0.1, -0.05) is 0 Å². The predicted molar refractivity (Wildman–Crippen MR) is 22.7 cm³/mol. The van der Waals surface area contributed by atoms with Gasteiger partial charge in [0.1, 0.15) is 0 Å². The first-order valence-corrected chi connectivity index (χ1v) is 2.15. The molecule has 0 rings (SSSR count). The van der Waals surface area contributed by atoms with Crippen molar-refractivity contribution in [2.75, 3.05) is 0 Å². The SMILES string of the molecule is Cl.N[PH](=O)O. The van der Waals surface area contributed by atoms with Gasteiger partial charge in [-0.05, 0) is 0 Å². The molecular weight excluding hydrogens is 112 g/mol. The number of hydrogen-bond donors (Lipinski definition) is 2. The molecule has 0 radical (unpaired) electrons. The zero-order chi connectivity index (χ0) is 3.58. The number of halogens is 1. The van der Waals surface area contributed by atoms with Crippen molar-refractivity contribution in [1.29, 1.82) is 0 Å². The maximum absolute atomic E-state index is 8.96. The van der Waals surface area contributed by atoms with Gasteiger partial charge >= 0.3 is 0 Å². The highest BCUT2D eigenvalue weighted by Crippen LogP contribution is 1.91. The van der Waals surface area contributed by atoms with Crippen molar-refractivity contribution in [2.45, 2.75) is 0 Å². The van der Waals surface area contributed by atoms with Crippen molar-refractivity contribution in [3.63, 3.8) is 0 Å². The quantitative estimate of drug-likeness (QED) is 0.430. The number of hydrogen-bond acceptors (Lipinski definition) is 1. The fraction of sp³-hybridized carbons (Fsp3) is 0. The van der Waals surface area contributed by atoms with Crippen LogP contribution in [-0.2, 0) is 4.57 Å². The fourth-order valence-electron chi connectivity index (χ4n) is 0. The van der Waals surface area contributed by atoms with Gasteiger partial charge in [0.15, 0.2) is 0 Å². The van der Waals surface area contributed by atoms with Crippen molar-refractivity contribution >= 4 is 20.6 Å². The van der Waals surface area contributed by atoms with Crippen LogP contribution < -0.4 is 5.50 Å². The average molecular weight is 117 g/mol. The molecule has 5 heavy (non-hydrogen) atoms. The highest BCUT2D eigenvalue weighted by Gasteiger charge is 1.58. The molecule has 3 nitrogen and oxygen atoms in total. The van der Waals surface area contributed by atoms with Crippen molar-refractivity contribution < 1.29 is 9.46 Å². The van der Waals surface area contributed by atoms with Gasteiger partial charge in [-0.2, -0.15) is 0 Å². The number of rotatable bonds is 0. The monoisotopic (exact) mass is 117 g/mol. The van der Waals surface area contributed by atoms with Crippen molar-refractivity contribution in [1.82, 2.24) is 0 Å². The van der Waals surface area contributed by atoms with Crippen molar-refractivity contribution in [3.8, 4) is 0 Å². The van der Waals surface area contributed by atoms with Crippen LogP contribution in [0.3, 0.4) is 0 Å². The summed E-state index contributed by atoms with van der Waals surface area (Å²) in [7, 11) is -2.63. The Balaban J connectivity index is 0. The van der Waals surface area contributed by atoms with Gasteiger partial charge in [-0.3, -0.25) is 10.1 Å². The van der Waals surface area contributed by atoms with Crippen LogP contribution in [0.5, 0.6) is 0 Å². The molecule has 1 unspecified atom stereocenters. The molecule has 0 aromatic rings. The Labute approximate surface area is 36.5 Å². The maximum atomic E-state index is 8.96. The normalized spacial score (nSPS) is 12.4. The molecular formula is H5ClNO2P. The Morgan fingerprint density at radius 1 is 1.80 bits per heavy atom. The van der Waals surface area contributed by atoms with Gasteiger partial charge in [0, 0.05) is 0 Å². The molecule has 0 spiro atoms. The molecule has 1 atom stereocenters. The summed E-state index contributed by atoms with van der Waals surface area (Å²) in [6.45, 7) is 0. The molecule has 3 N–H and O–H groups in total. The lowest BCUT2D eigenvalue weighted by molar-refractivity contribution is 0.504. The molecule has 0 aliphatic rings. The Bertz CT molecular complexity index is 32.6. The second-order valence-corrected chi connectivity index (χ2v) is 1.01. The van der Waals surface area contributed by atoms with E-state index < -0.39 is 8.18 Å². The summed E-state index contributed by atoms with van der Waals surface area (Å²) in [5.74, 6) is 0. The van der Waals surface area contributed by atoms with Crippen LogP contribution in [0.15, 0.2) is 0 Å². The Hall–Kier alpha value is 0.440. The van der Waals surface area contributed by atoms with E-state index in [9.17, 15) is 0 Å². The molecule has 5 heteroatoms. The van der Waals surface area contributed by atoms with E-state index in [4.69, 9.17) is 9.46 Å². The standard InChI is InChI=1S/ClH.H4NO2P/c;1-4(2)3/h1H;4H,(H3,1,2,3). The van der Waals surface area contributed by atoms with E-state index in [0.29, 0.717) is 0 Å². The van der Waals surface area contributed by atoms with E-state index in [2.05, 4.69) is 5.50 Å². The highest BCUT2D eigenvalue weighted by molar-refractivity contribution is 7.35. The lowest BCUT2D eigenvalue weighted by atomic mass is 13.9. The molecule has 0 heterocycles. The maximum Gasteiger partial charge on any atom is 0.253 e. The zero-order valence-electron chi connectivity index (χ0n) is 2.34. The van der Waals surface area contributed by atoms with E-state index in [0.717, 1.165) is 0 Å². The first kappa shape index (κ1) is 9.06. The predicted octanol–water partition coefficient (Wildman–Crippen LogP) is -0.251. The van der Waals surface area contributed by atoms with Crippen LogP contribution in [0, 0.1) is 0 Å². The summed E-state index contributed by atoms with van der Waals surface area (Å²) in [6, 6.07) is 0. The lowest BCUT2D eigenvalue weighted by Gasteiger charge is -1.62. The van der Waals surface area contributed by atoms with Gasteiger partial charge in [0.25, 0.3) is 8.18 Å². The smallest absolute Gasteiger partial charge is 0.253 e. The highest BCUT2D eigenvalue weighted by atomic mass is 35.5. The minimum atomic E-state index is -2.63. The van der Waals surface area contributed by atoms with E-state index in [-0.39, 0.29) is 12.4 Å². The molecule has 0 amide bonds. The molecule has 0 bridgehead atoms. The largest absolute Gasteiger partial charge is 0.336 e. The van der Waals surface area contributed by atoms with Gasteiger partial charge in [-0.25, -0.2) is 0 Å². The molecule has 0 saturated heterocycles. The Morgan fingerprint density at radius 3 is 1.80 bits per heavy atom. The minimum absolute atomic E-state index is 0. The third-order valence-electron chi connectivity index (χ3n) is 0. The Morgan fingerprint density at radius 2 is 1.80 bits per heavy atom. The van der Waals surface area contributed by atoms with E-state index in [1.165, 1.54) is 0 Å². The summed E-state index contributed by atoms with van der Waals surface area (Å²) in [4.78, 5) is 7.38. The summed E-state index contributed by atoms with van der Waals surface area (Å²) in [5.41, 5.74) is 4.21. The summed E-state index contributed by atoms with van der Waals surface area (Å²) >= 11 is 0. The van der Waals surface area contributed by atoms with Crippen LogP contribution in [0.2, 0.25) is 0 Å². The molecule has 0 fully saturated rings. The summed E-state index contributed by atoms with van der Waals surface area (Å²) < 4.78 is 8.96. The van der Waals surface area contributed by atoms with E-state index in [1.807, 2.05) is 0 Å². The zero-order valence-corrected chi connectivity index (χ0v) is 4.16. The summed E-state index contributed by atoms with van der Waals surface area (Å²) in [6.07, 6.45) is 0. The second-order valence-electron chi connectivity index (χ2n) is 0.338. The molecule has 0 aliphatic heterocycles. The van der Waals surface area contributed by atoms with Crippen molar-refractivity contribution in [3.05, 3.63) is 0 Å². The third-order valence-corrected chi connectivity index (χ3v) is 0. The molecule has 0 aromatic carbocycles. The fourth-order valence-corrected chi connectivity index (χ4v) is 0. The van der Waals surface area contributed by atoms with Crippen LogP contribution in [0.1, 0.15) is 0 Å². The van der Waals surface area contributed by atoms with Crippen LogP contribution in [-0.4, -0.2) is 4.89 Å². The van der Waals surface area contributed by atoms with E-state index >= 15 is 0 Å². The number of nitrogens with two attached hydrogens (primary N) is 1. The summed E-state index contributed by atoms with van der Waals surface area (Å²) in [5, 5.41) is 0. The van der Waals surface area contributed by atoms with Gasteiger partial charge in [0.05, 0.1) is 0 Å².